The molecular weight excluding hydrogens is 446 g/mol. The first-order chi connectivity index (χ1) is 16.0. The molecule has 0 aliphatic carbocycles. The van der Waals surface area contributed by atoms with Crippen molar-refractivity contribution in [1.82, 2.24) is 10.3 Å². The topological polar surface area (TPSA) is 101 Å². The number of nitrogens with zero attached hydrogens (tertiary/aromatic N) is 2. The van der Waals surface area contributed by atoms with E-state index in [-0.39, 0.29) is 24.4 Å². The normalized spacial score (nSPS) is 19.3. The molecule has 3 rings (SSSR count). The highest BCUT2D eigenvalue weighted by Crippen LogP contribution is 2.27. The lowest BCUT2D eigenvalue weighted by Gasteiger charge is -2.29. The number of aliphatic hydroxyl groups is 1. The minimum Gasteiger partial charge on any atom is -0.486 e. The Bertz CT molecular complexity index is 967. The summed E-state index contributed by atoms with van der Waals surface area (Å²) in [4.78, 5) is 30.3. The number of aromatic nitrogens is 1. The number of ether oxygens (including phenoxy) is 2. The third-order valence-corrected chi connectivity index (χ3v) is 5.68. The van der Waals surface area contributed by atoms with Crippen LogP contribution in [0, 0.1) is 0 Å². The number of allylic oxidation sites excluding steroid dienone is 5. The van der Waals surface area contributed by atoms with E-state index in [1.165, 1.54) is 4.90 Å². The molecule has 178 valence electrons. The van der Waals surface area contributed by atoms with Gasteiger partial charge in [-0.25, -0.2) is 9.78 Å². The van der Waals surface area contributed by atoms with Crippen LogP contribution < -0.4 is 10.2 Å². The van der Waals surface area contributed by atoms with Crippen molar-refractivity contribution in [3.63, 3.8) is 0 Å². The van der Waals surface area contributed by atoms with Gasteiger partial charge in [-0.3, -0.25) is 9.69 Å². The number of nitrogens with one attached hydrogen (secondary N) is 1. The van der Waals surface area contributed by atoms with Crippen LogP contribution in [0.5, 0.6) is 0 Å². The van der Waals surface area contributed by atoms with E-state index in [0.29, 0.717) is 53.9 Å². The Morgan fingerprint density at radius 3 is 2.97 bits per heavy atom. The average Bonchev–Trinajstić information content (AvgIpc) is 3.33. The van der Waals surface area contributed by atoms with Crippen LogP contribution in [0.25, 0.3) is 0 Å². The van der Waals surface area contributed by atoms with Gasteiger partial charge in [-0.1, -0.05) is 24.6 Å². The predicted molar refractivity (Wildman–Crippen MR) is 126 cm³/mol. The minimum atomic E-state index is -0.366. The molecule has 0 spiro atoms. The zero-order valence-electron chi connectivity index (χ0n) is 19.0. The molecule has 1 saturated heterocycles. The number of aliphatic hydroxyl groups excluding tert-OH is 1. The number of hydrogen-bond donors (Lipinski definition) is 2. The van der Waals surface area contributed by atoms with E-state index in [9.17, 15) is 14.7 Å². The highest BCUT2D eigenvalue weighted by atomic mass is 35.5. The fourth-order valence-corrected chi connectivity index (χ4v) is 3.89. The van der Waals surface area contributed by atoms with E-state index in [0.717, 1.165) is 31.2 Å². The fourth-order valence-electron chi connectivity index (χ4n) is 3.70. The molecule has 0 bridgehead atoms. The zero-order chi connectivity index (χ0) is 23.8. The Morgan fingerprint density at radius 2 is 2.30 bits per heavy atom. The fraction of sp³-hybridized carbons (Fsp3) is 0.458. The minimum absolute atomic E-state index is 0.0933. The van der Waals surface area contributed by atoms with E-state index >= 15 is 0 Å². The summed E-state index contributed by atoms with van der Waals surface area (Å²) in [6.45, 7) is 5.09. The first kappa shape index (κ1) is 25.0. The standard InChI is InChI=1S/C24H30ClN3O5/c1-3-4-7-20(25)22(33-19-8-10-32-15-19)11-16(2)26-24(31)28-9-5-6-17-12-18(13-29)21(14-30)27-23(17)28/h4,7,11-12,14,19,29H,3,5-6,8-10,13,15H2,1-2H3,(H,26,31)/b7-4+,16-11+,22-20-. The monoisotopic (exact) mass is 475 g/mol. The lowest BCUT2D eigenvalue weighted by Crippen LogP contribution is -2.43. The molecule has 1 fully saturated rings. The quantitative estimate of drug-likeness (QED) is 0.335. The number of carbonyl (C=O) groups is 2. The second-order valence-electron chi connectivity index (χ2n) is 7.93. The van der Waals surface area contributed by atoms with Crippen molar-refractivity contribution < 1.29 is 24.2 Å². The molecule has 0 saturated carbocycles. The number of aldehydes is 1. The van der Waals surface area contributed by atoms with Gasteiger partial charge in [-0.2, -0.15) is 0 Å². The molecule has 1 aromatic heterocycles. The summed E-state index contributed by atoms with van der Waals surface area (Å²) in [5, 5.41) is 12.8. The molecule has 2 aliphatic heterocycles. The Hall–Kier alpha value is -2.68. The molecule has 1 unspecified atom stereocenters. The molecule has 0 aromatic carbocycles. The predicted octanol–water partition coefficient (Wildman–Crippen LogP) is 3.97. The summed E-state index contributed by atoms with van der Waals surface area (Å²) in [6.07, 6.45) is 8.98. The van der Waals surface area contributed by atoms with Gasteiger partial charge in [-0.05, 0) is 43.9 Å². The van der Waals surface area contributed by atoms with Crippen LogP contribution in [0.2, 0.25) is 0 Å². The van der Waals surface area contributed by atoms with E-state index in [1.807, 2.05) is 13.0 Å². The van der Waals surface area contributed by atoms with Crippen molar-refractivity contribution in [3.05, 3.63) is 57.6 Å². The highest BCUT2D eigenvalue weighted by molar-refractivity contribution is 6.31. The van der Waals surface area contributed by atoms with Gasteiger partial charge >= 0.3 is 6.03 Å². The number of halogens is 1. The summed E-state index contributed by atoms with van der Waals surface area (Å²) in [5.74, 6) is 0.896. The molecule has 9 heteroatoms. The Labute approximate surface area is 198 Å². The molecule has 2 amide bonds. The van der Waals surface area contributed by atoms with E-state index < -0.39 is 0 Å². The lowest BCUT2D eigenvalue weighted by molar-refractivity contribution is 0.0975. The molecule has 1 atom stereocenters. The molecule has 33 heavy (non-hydrogen) atoms. The highest BCUT2D eigenvalue weighted by Gasteiger charge is 2.26. The van der Waals surface area contributed by atoms with Crippen LogP contribution in [0.3, 0.4) is 0 Å². The summed E-state index contributed by atoms with van der Waals surface area (Å²) < 4.78 is 11.4. The van der Waals surface area contributed by atoms with Crippen molar-refractivity contribution in [1.29, 1.82) is 0 Å². The van der Waals surface area contributed by atoms with E-state index in [4.69, 9.17) is 21.1 Å². The van der Waals surface area contributed by atoms with Crippen molar-refractivity contribution >= 4 is 29.7 Å². The average molecular weight is 476 g/mol. The third kappa shape index (κ3) is 6.43. The Balaban J connectivity index is 1.81. The molecule has 2 aliphatic rings. The number of amides is 2. The number of urea groups is 1. The van der Waals surface area contributed by atoms with Gasteiger partial charge < -0.3 is 19.9 Å². The van der Waals surface area contributed by atoms with Gasteiger partial charge in [-0.15, -0.1) is 0 Å². The van der Waals surface area contributed by atoms with Gasteiger partial charge in [0.1, 0.15) is 23.4 Å². The number of anilines is 1. The van der Waals surface area contributed by atoms with Gasteiger partial charge in [0.25, 0.3) is 0 Å². The number of aryl methyl sites for hydroxylation is 1. The SMILES string of the molecule is CC/C=C/C(Cl)=C(\C=C(/C)NC(=O)N1CCCc2cc(CO)c(C=O)nc21)OC1CCOC1. The number of carbonyl (C=O) groups excluding carboxylic acids is 2. The summed E-state index contributed by atoms with van der Waals surface area (Å²) >= 11 is 6.46. The summed E-state index contributed by atoms with van der Waals surface area (Å²) in [5.41, 5.74) is 1.96. The zero-order valence-corrected chi connectivity index (χ0v) is 19.7. The van der Waals surface area contributed by atoms with Crippen LogP contribution >= 0.6 is 11.6 Å². The number of pyridine rings is 1. The van der Waals surface area contributed by atoms with Crippen molar-refractivity contribution in [2.24, 2.45) is 0 Å². The smallest absolute Gasteiger partial charge is 0.327 e. The third-order valence-electron chi connectivity index (χ3n) is 5.37. The van der Waals surface area contributed by atoms with Gasteiger partial charge in [0.2, 0.25) is 0 Å². The molecular formula is C24H30ClN3O5. The summed E-state index contributed by atoms with van der Waals surface area (Å²) in [6, 6.07) is 1.38. The first-order valence-corrected chi connectivity index (χ1v) is 11.5. The second-order valence-corrected chi connectivity index (χ2v) is 8.34. The van der Waals surface area contributed by atoms with Crippen LogP contribution in [0.1, 0.15) is 54.7 Å². The van der Waals surface area contributed by atoms with Crippen molar-refractivity contribution in [3.8, 4) is 0 Å². The second kappa shape index (κ2) is 12.0. The Morgan fingerprint density at radius 1 is 1.48 bits per heavy atom. The maximum absolute atomic E-state index is 13.1. The summed E-state index contributed by atoms with van der Waals surface area (Å²) in [7, 11) is 0. The number of hydrogen-bond acceptors (Lipinski definition) is 6. The van der Waals surface area contributed by atoms with Gasteiger partial charge in [0, 0.05) is 30.3 Å². The van der Waals surface area contributed by atoms with Crippen LogP contribution in [-0.4, -0.2) is 48.3 Å². The van der Waals surface area contributed by atoms with Crippen molar-refractivity contribution in [2.75, 3.05) is 24.7 Å². The maximum atomic E-state index is 13.1. The van der Waals surface area contributed by atoms with E-state index in [1.54, 1.807) is 25.1 Å². The lowest BCUT2D eigenvalue weighted by atomic mass is 10.0. The molecule has 8 nitrogen and oxygen atoms in total. The largest absolute Gasteiger partial charge is 0.486 e. The molecule has 2 N–H and O–H groups in total. The number of rotatable bonds is 8. The van der Waals surface area contributed by atoms with Gasteiger partial charge in [0.15, 0.2) is 6.29 Å². The van der Waals surface area contributed by atoms with Crippen LogP contribution in [-0.2, 0) is 22.5 Å². The molecule has 0 radical (unpaired) electrons. The van der Waals surface area contributed by atoms with Crippen LogP contribution in [0.15, 0.2) is 40.8 Å². The number of fused-ring (bicyclic) bond motifs is 1. The molecule has 1 aromatic rings. The van der Waals surface area contributed by atoms with Gasteiger partial charge in [0.05, 0.1) is 24.9 Å². The first-order valence-electron chi connectivity index (χ1n) is 11.1. The maximum Gasteiger partial charge on any atom is 0.327 e. The molecule has 3 heterocycles. The van der Waals surface area contributed by atoms with Crippen LogP contribution in [0.4, 0.5) is 10.6 Å². The van der Waals surface area contributed by atoms with Crippen molar-refractivity contribution in [2.45, 2.75) is 52.2 Å². The van der Waals surface area contributed by atoms with E-state index in [2.05, 4.69) is 10.3 Å². The Kier molecular flexibility index (Phi) is 9.05.